The van der Waals surface area contributed by atoms with Gasteiger partial charge in [0, 0.05) is 31.0 Å². The number of anilines is 2. The summed E-state index contributed by atoms with van der Waals surface area (Å²) in [6.07, 6.45) is 1.34. The zero-order valence-corrected chi connectivity index (χ0v) is 18.1. The zero-order chi connectivity index (χ0) is 21.6. The number of benzene rings is 2. The van der Waals surface area contributed by atoms with Crippen molar-refractivity contribution in [3.05, 3.63) is 65.2 Å². The van der Waals surface area contributed by atoms with E-state index in [1.54, 1.807) is 0 Å². The third-order valence-corrected chi connectivity index (χ3v) is 6.13. The number of carbonyl (C=O) groups excluding carboxylic acids is 2. The molecule has 1 atom stereocenters. The fourth-order valence-electron chi connectivity index (χ4n) is 3.54. The van der Waals surface area contributed by atoms with Crippen LogP contribution in [0.15, 0.2) is 54.6 Å². The molecule has 1 saturated heterocycles. The Morgan fingerprint density at radius 3 is 2.74 bits per heavy atom. The maximum absolute atomic E-state index is 12.5. The molecule has 7 nitrogen and oxygen atoms in total. The Bertz CT molecular complexity index is 1050. The fourth-order valence-corrected chi connectivity index (χ4v) is 4.39. The molecule has 1 fully saturated rings. The first-order chi connectivity index (χ1) is 15.1. The highest BCUT2D eigenvalue weighted by Gasteiger charge is 2.34. The normalized spacial score (nSPS) is 15.8. The average molecular weight is 437 g/mol. The second-order valence-corrected chi connectivity index (χ2v) is 8.46. The highest BCUT2D eigenvalue weighted by atomic mass is 32.1. The van der Waals surface area contributed by atoms with Crippen LogP contribution in [0.1, 0.15) is 35.8 Å². The van der Waals surface area contributed by atoms with E-state index < -0.39 is 0 Å². The molecule has 0 radical (unpaired) electrons. The minimum Gasteiger partial charge on any atom is -0.494 e. The van der Waals surface area contributed by atoms with Gasteiger partial charge in [-0.05, 0) is 37.1 Å². The number of aryl methyl sites for hydroxylation is 1. The number of hydrogen-bond acceptors (Lipinski definition) is 6. The summed E-state index contributed by atoms with van der Waals surface area (Å²) in [5, 5.41) is 12.3. The first kappa shape index (κ1) is 21.0. The number of aromatic nitrogens is 2. The zero-order valence-electron chi connectivity index (χ0n) is 17.3. The lowest BCUT2D eigenvalue weighted by molar-refractivity contribution is -0.117. The summed E-state index contributed by atoms with van der Waals surface area (Å²) in [5.41, 5.74) is 2.00. The summed E-state index contributed by atoms with van der Waals surface area (Å²) >= 11 is 1.33. The van der Waals surface area contributed by atoms with Crippen LogP contribution in [-0.4, -0.2) is 35.2 Å². The van der Waals surface area contributed by atoms with Gasteiger partial charge in [-0.15, -0.1) is 10.2 Å². The number of rotatable bonds is 8. The highest BCUT2D eigenvalue weighted by Crippen LogP contribution is 2.35. The molecule has 1 aliphatic rings. The Labute approximate surface area is 185 Å². The van der Waals surface area contributed by atoms with Crippen LogP contribution in [0, 0.1) is 6.92 Å². The van der Waals surface area contributed by atoms with E-state index in [1.165, 1.54) is 11.3 Å². The molecule has 4 rings (SSSR count). The van der Waals surface area contributed by atoms with Gasteiger partial charge in [-0.3, -0.25) is 9.59 Å². The van der Waals surface area contributed by atoms with Gasteiger partial charge in [0.1, 0.15) is 10.8 Å². The quantitative estimate of drug-likeness (QED) is 0.536. The first-order valence-corrected chi connectivity index (χ1v) is 11.1. The standard InChI is InChI=1S/C23H24N4O3S/c1-16-8-5-6-11-19(16)27-15-17(14-21(27)29)22-25-26-23(31-22)24-20(28)12-7-13-30-18-9-3-2-4-10-18/h2-6,8-11,17H,7,12-15H2,1H3,(H,24,26,28)/t17-/m1/s1. The van der Waals surface area contributed by atoms with Crippen molar-refractivity contribution in [2.45, 2.75) is 32.1 Å². The maximum Gasteiger partial charge on any atom is 0.227 e. The molecule has 0 saturated carbocycles. The van der Waals surface area contributed by atoms with Crippen molar-refractivity contribution in [2.75, 3.05) is 23.4 Å². The Balaban J connectivity index is 1.27. The number of para-hydroxylation sites is 2. The van der Waals surface area contributed by atoms with Crippen molar-refractivity contribution in [1.29, 1.82) is 0 Å². The van der Waals surface area contributed by atoms with E-state index in [0.29, 0.717) is 37.5 Å². The lowest BCUT2D eigenvalue weighted by atomic mass is 10.1. The number of hydrogen-bond donors (Lipinski definition) is 1. The van der Waals surface area contributed by atoms with E-state index in [1.807, 2.05) is 66.4 Å². The lowest BCUT2D eigenvalue weighted by Gasteiger charge is -2.18. The Hall–Kier alpha value is -3.26. The highest BCUT2D eigenvalue weighted by molar-refractivity contribution is 7.15. The smallest absolute Gasteiger partial charge is 0.227 e. The summed E-state index contributed by atoms with van der Waals surface area (Å²) < 4.78 is 5.60. The Kier molecular flexibility index (Phi) is 6.57. The Morgan fingerprint density at radius 1 is 1.16 bits per heavy atom. The van der Waals surface area contributed by atoms with Crippen LogP contribution in [0.3, 0.4) is 0 Å². The molecule has 3 aromatic rings. The van der Waals surface area contributed by atoms with Crippen molar-refractivity contribution < 1.29 is 14.3 Å². The molecule has 0 aliphatic carbocycles. The van der Waals surface area contributed by atoms with Gasteiger partial charge in [0.25, 0.3) is 0 Å². The van der Waals surface area contributed by atoms with Gasteiger partial charge in [-0.2, -0.15) is 0 Å². The minimum absolute atomic E-state index is 0.0190. The van der Waals surface area contributed by atoms with Crippen LogP contribution < -0.4 is 15.0 Å². The molecule has 0 bridgehead atoms. The third-order valence-electron chi connectivity index (χ3n) is 5.13. The van der Waals surface area contributed by atoms with Gasteiger partial charge in [-0.1, -0.05) is 47.7 Å². The largest absolute Gasteiger partial charge is 0.494 e. The molecule has 1 N–H and O–H groups in total. The SMILES string of the molecule is Cc1ccccc1N1C[C@H](c2nnc(NC(=O)CCCOc3ccccc3)s2)CC1=O. The molecule has 0 spiro atoms. The van der Waals surface area contributed by atoms with Crippen molar-refractivity contribution in [3.63, 3.8) is 0 Å². The number of nitrogens with zero attached hydrogens (tertiary/aromatic N) is 3. The van der Waals surface area contributed by atoms with Crippen molar-refractivity contribution in [1.82, 2.24) is 10.2 Å². The summed E-state index contributed by atoms with van der Waals surface area (Å²) in [6.45, 7) is 3.04. The summed E-state index contributed by atoms with van der Waals surface area (Å²) in [7, 11) is 0. The van der Waals surface area contributed by atoms with Crippen molar-refractivity contribution in [2.24, 2.45) is 0 Å². The molecule has 1 aromatic heterocycles. The number of nitrogens with one attached hydrogen (secondary N) is 1. The van der Waals surface area contributed by atoms with Gasteiger partial charge < -0.3 is 15.0 Å². The molecular formula is C23H24N4O3S. The monoisotopic (exact) mass is 436 g/mol. The lowest BCUT2D eigenvalue weighted by Crippen LogP contribution is -2.25. The molecule has 160 valence electrons. The number of amides is 2. The molecule has 1 aliphatic heterocycles. The Morgan fingerprint density at radius 2 is 1.94 bits per heavy atom. The van der Waals surface area contributed by atoms with Gasteiger partial charge in [0.05, 0.1) is 6.61 Å². The van der Waals surface area contributed by atoms with Crippen LogP contribution in [0.5, 0.6) is 5.75 Å². The van der Waals surface area contributed by atoms with Crippen LogP contribution >= 0.6 is 11.3 Å². The van der Waals surface area contributed by atoms with E-state index in [4.69, 9.17) is 4.74 Å². The van der Waals surface area contributed by atoms with Crippen LogP contribution in [0.2, 0.25) is 0 Å². The van der Waals surface area contributed by atoms with E-state index >= 15 is 0 Å². The summed E-state index contributed by atoms with van der Waals surface area (Å²) in [4.78, 5) is 26.5. The molecule has 8 heteroatoms. The maximum atomic E-state index is 12.5. The second-order valence-electron chi connectivity index (χ2n) is 7.45. The van der Waals surface area contributed by atoms with Crippen molar-refractivity contribution >= 4 is 34.0 Å². The van der Waals surface area contributed by atoms with Crippen LogP contribution in [0.4, 0.5) is 10.8 Å². The summed E-state index contributed by atoms with van der Waals surface area (Å²) in [6, 6.07) is 17.4. The number of carbonyl (C=O) groups is 2. The van der Waals surface area contributed by atoms with E-state index in [2.05, 4.69) is 15.5 Å². The molecule has 31 heavy (non-hydrogen) atoms. The van der Waals surface area contributed by atoms with Gasteiger partial charge in [-0.25, -0.2) is 0 Å². The van der Waals surface area contributed by atoms with Gasteiger partial charge in [0.15, 0.2) is 0 Å². The molecular weight excluding hydrogens is 412 g/mol. The molecule has 2 heterocycles. The summed E-state index contributed by atoms with van der Waals surface area (Å²) in [5.74, 6) is 0.735. The minimum atomic E-state index is -0.122. The first-order valence-electron chi connectivity index (χ1n) is 10.3. The topological polar surface area (TPSA) is 84.4 Å². The van der Waals surface area contributed by atoms with Crippen LogP contribution in [0.25, 0.3) is 0 Å². The molecule has 2 amide bonds. The third kappa shape index (κ3) is 5.27. The van der Waals surface area contributed by atoms with Gasteiger partial charge in [0.2, 0.25) is 16.9 Å². The number of ether oxygens (including phenoxy) is 1. The van der Waals surface area contributed by atoms with Crippen molar-refractivity contribution in [3.8, 4) is 5.75 Å². The van der Waals surface area contributed by atoms with E-state index in [9.17, 15) is 9.59 Å². The van der Waals surface area contributed by atoms with Crippen LogP contribution in [-0.2, 0) is 9.59 Å². The predicted octanol–water partition coefficient (Wildman–Crippen LogP) is 4.16. The second kappa shape index (κ2) is 9.70. The van der Waals surface area contributed by atoms with E-state index in [0.717, 1.165) is 22.0 Å². The fraction of sp³-hybridized carbons (Fsp3) is 0.304. The molecule has 2 aromatic carbocycles. The van der Waals surface area contributed by atoms with E-state index in [-0.39, 0.29) is 17.7 Å². The predicted molar refractivity (Wildman–Crippen MR) is 121 cm³/mol. The molecule has 0 unspecified atom stereocenters. The van der Waals surface area contributed by atoms with Gasteiger partial charge >= 0.3 is 0 Å². The average Bonchev–Trinajstić information content (AvgIpc) is 3.39.